The van der Waals surface area contributed by atoms with Crippen LogP contribution in [0.5, 0.6) is 5.75 Å². The lowest BCUT2D eigenvalue weighted by molar-refractivity contribution is -0.136. The predicted molar refractivity (Wildman–Crippen MR) is 83.9 cm³/mol. The van der Waals surface area contributed by atoms with E-state index in [4.69, 9.17) is 10.00 Å². The highest BCUT2D eigenvalue weighted by molar-refractivity contribution is 5.95. The fourth-order valence-corrected chi connectivity index (χ4v) is 2.05. The molecule has 0 aliphatic heterocycles. The Kier molecular flexibility index (Phi) is 5.60. The van der Waals surface area contributed by atoms with Crippen molar-refractivity contribution in [1.29, 1.82) is 5.26 Å². The molecule has 0 N–H and O–H groups in total. The van der Waals surface area contributed by atoms with Crippen LogP contribution in [0.3, 0.4) is 0 Å². The zero-order valence-electron chi connectivity index (χ0n) is 13.2. The molecule has 2 aromatic rings. The summed E-state index contributed by atoms with van der Waals surface area (Å²) < 4.78 is 43.9. The molecule has 0 fully saturated rings. The molecule has 1 aromatic carbocycles. The molecule has 0 saturated heterocycles. The summed E-state index contributed by atoms with van der Waals surface area (Å²) in [6, 6.07) is 12.2. The Bertz CT molecular complexity index is 755. The van der Waals surface area contributed by atoms with Gasteiger partial charge in [0.25, 0.3) is 5.91 Å². The number of aromatic nitrogens is 1. The summed E-state index contributed by atoms with van der Waals surface area (Å²) in [7, 11) is 0. The third-order valence-corrected chi connectivity index (χ3v) is 3.17. The quantitative estimate of drug-likeness (QED) is 0.831. The SMILES string of the molecule is C[C@@H](Oc1ccc(C#N)cc1)C(=O)N(CC(F)(F)F)c1ccccn1. The van der Waals surface area contributed by atoms with Crippen LogP contribution >= 0.6 is 0 Å². The van der Waals surface area contributed by atoms with E-state index in [0.717, 1.165) is 0 Å². The first-order valence-corrected chi connectivity index (χ1v) is 7.26. The number of alkyl halides is 3. The van der Waals surface area contributed by atoms with Gasteiger partial charge in [-0.2, -0.15) is 18.4 Å². The Hall–Kier alpha value is -3.08. The van der Waals surface area contributed by atoms with Crippen LogP contribution in [0.15, 0.2) is 48.7 Å². The minimum Gasteiger partial charge on any atom is -0.481 e. The van der Waals surface area contributed by atoms with Crippen LogP contribution in [-0.4, -0.2) is 29.7 Å². The van der Waals surface area contributed by atoms with Gasteiger partial charge in [-0.1, -0.05) is 6.07 Å². The summed E-state index contributed by atoms with van der Waals surface area (Å²) in [5.74, 6) is -0.715. The van der Waals surface area contributed by atoms with Gasteiger partial charge in [0.1, 0.15) is 18.1 Å². The molecule has 0 aliphatic rings. The Morgan fingerprint density at radius 1 is 1.28 bits per heavy atom. The van der Waals surface area contributed by atoms with Crippen LogP contribution < -0.4 is 9.64 Å². The first-order valence-electron chi connectivity index (χ1n) is 7.26. The highest BCUT2D eigenvalue weighted by Crippen LogP contribution is 2.22. The maximum absolute atomic E-state index is 12.8. The van der Waals surface area contributed by atoms with E-state index in [0.29, 0.717) is 10.5 Å². The standard InChI is InChI=1S/C17H14F3N3O2/c1-12(25-14-7-5-13(10-21)6-8-14)16(24)23(11-17(18,19)20)15-4-2-3-9-22-15/h2-9,12H,11H2,1H3/t12-/m1/s1. The average molecular weight is 349 g/mol. The topological polar surface area (TPSA) is 66.2 Å². The average Bonchev–Trinajstić information content (AvgIpc) is 2.59. The van der Waals surface area contributed by atoms with Crippen molar-refractivity contribution < 1.29 is 22.7 Å². The van der Waals surface area contributed by atoms with E-state index in [2.05, 4.69) is 4.98 Å². The highest BCUT2D eigenvalue weighted by atomic mass is 19.4. The fraction of sp³-hybridized carbons (Fsp3) is 0.235. The normalized spacial score (nSPS) is 12.1. The van der Waals surface area contributed by atoms with Crippen molar-refractivity contribution in [3.63, 3.8) is 0 Å². The van der Waals surface area contributed by atoms with Crippen LogP contribution in [-0.2, 0) is 4.79 Å². The monoisotopic (exact) mass is 349 g/mol. The second-order valence-corrected chi connectivity index (χ2v) is 5.12. The molecule has 1 amide bonds. The van der Waals surface area contributed by atoms with Crippen molar-refractivity contribution in [1.82, 2.24) is 4.98 Å². The molecule has 5 nitrogen and oxygen atoms in total. The van der Waals surface area contributed by atoms with Gasteiger partial charge in [0.15, 0.2) is 6.10 Å². The summed E-state index contributed by atoms with van der Waals surface area (Å²) >= 11 is 0. The molecule has 0 unspecified atom stereocenters. The number of halogens is 3. The molecule has 0 radical (unpaired) electrons. The molecule has 0 saturated carbocycles. The molecule has 0 bridgehead atoms. The van der Waals surface area contributed by atoms with Gasteiger partial charge in [0.05, 0.1) is 11.6 Å². The van der Waals surface area contributed by atoms with Gasteiger partial charge in [-0.25, -0.2) is 4.98 Å². The molecule has 1 atom stereocenters. The number of ether oxygens (including phenoxy) is 1. The second-order valence-electron chi connectivity index (χ2n) is 5.12. The summed E-state index contributed by atoms with van der Waals surface area (Å²) in [5.41, 5.74) is 0.401. The maximum Gasteiger partial charge on any atom is 0.406 e. The Labute approximate surface area is 142 Å². The number of hydrogen-bond acceptors (Lipinski definition) is 4. The van der Waals surface area contributed by atoms with E-state index in [1.54, 1.807) is 0 Å². The Balaban J connectivity index is 2.18. The van der Waals surface area contributed by atoms with Crippen LogP contribution in [0.25, 0.3) is 0 Å². The Morgan fingerprint density at radius 3 is 2.48 bits per heavy atom. The Morgan fingerprint density at radius 2 is 1.96 bits per heavy atom. The van der Waals surface area contributed by atoms with Crippen molar-refractivity contribution in [2.24, 2.45) is 0 Å². The van der Waals surface area contributed by atoms with E-state index in [1.165, 1.54) is 55.6 Å². The van der Waals surface area contributed by atoms with Crippen LogP contribution in [0.1, 0.15) is 12.5 Å². The molecular weight excluding hydrogens is 335 g/mol. The largest absolute Gasteiger partial charge is 0.481 e. The molecule has 0 aliphatic carbocycles. The van der Waals surface area contributed by atoms with E-state index < -0.39 is 24.7 Å². The summed E-state index contributed by atoms with van der Waals surface area (Å²) in [6.45, 7) is -0.114. The number of anilines is 1. The number of benzene rings is 1. The molecule has 1 heterocycles. The van der Waals surface area contributed by atoms with Crippen molar-refractivity contribution in [3.8, 4) is 11.8 Å². The molecule has 25 heavy (non-hydrogen) atoms. The molecule has 0 spiro atoms. The molecule has 1 aromatic heterocycles. The number of rotatable bonds is 5. The van der Waals surface area contributed by atoms with Gasteiger partial charge in [-0.05, 0) is 43.3 Å². The van der Waals surface area contributed by atoms with Gasteiger partial charge >= 0.3 is 6.18 Å². The van der Waals surface area contributed by atoms with E-state index in [-0.39, 0.29) is 11.6 Å². The maximum atomic E-state index is 12.8. The van der Waals surface area contributed by atoms with E-state index in [9.17, 15) is 18.0 Å². The van der Waals surface area contributed by atoms with Gasteiger partial charge in [-0.15, -0.1) is 0 Å². The number of amides is 1. The summed E-state index contributed by atoms with van der Waals surface area (Å²) in [6.07, 6.45) is -4.45. The number of nitrogens with zero attached hydrogens (tertiary/aromatic N) is 3. The first kappa shape index (κ1) is 18.3. The van der Waals surface area contributed by atoms with Crippen LogP contribution in [0.4, 0.5) is 19.0 Å². The smallest absolute Gasteiger partial charge is 0.406 e. The van der Waals surface area contributed by atoms with E-state index in [1.807, 2.05) is 6.07 Å². The lowest BCUT2D eigenvalue weighted by atomic mass is 10.2. The van der Waals surface area contributed by atoms with E-state index >= 15 is 0 Å². The molecular formula is C17H14F3N3O2. The van der Waals surface area contributed by atoms with Gasteiger partial charge < -0.3 is 4.74 Å². The van der Waals surface area contributed by atoms with Gasteiger partial charge in [-0.3, -0.25) is 9.69 Å². The number of nitriles is 1. The first-order chi connectivity index (χ1) is 11.8. The third kappa shape index (κ3) is 5.21. The number of hydrogen-bond donors (Lipinski definition) is 0. The number of pyridine rings is 1. The van der Waals surface area contributed by atoms with Gasteiger partial charge in [0, 0.05) is 6.20 Å². The summed E-state index contributed by atoms with van der Waals surface area (Å²) in [4.78, 5) is 16.8. The minimum atomic E-state index is -4.58. The third-order valence-electron chi connectivity index (χ3n) is 3.17. The van der Waals surface area contributed by atoms with Crippen LogP contribution in [0.2, 0.25) is 0 Å². The minimum absolute atomic E-state index is 0.111. The van der Waals surface area contributed by atoms with Crippen molar-refractivity contribution in [3.05, 3.63) is 54.2 Å². The summed E-state index contributed by atoms with van der Waals surface area (Å²) in [5, 5.41) is 8.74. The zero-order chi connectivity index (χ0) is 18.4. The zero-order valence-corrected chi connectivity index (χ0v) is 13.2. The number of carbonyl (C=O) groups is 1. The second kappa shape index (κ2) is 7.66. The van der Waals surface area contributed by atoms with Gasteiger partial charge in [0.2, 0.25) is 0 Å². The van der Waals surface area contributed by atoms with Crippen LogP contribution in [0, 0.1) is 11.3 Å². The fourth-order valence-electron chi connectivity index (χ4n) is 2.05. The van der Waals surface area contributed by atoms with Crippen molar-refractivity contribution >= 4 is 11.7 Å². The van der Waals surface area contributed by atoms with Crippen molar-refractivity contribution in [2.45, 2.75) is 19.2 Å². The predicted octanol–water partition coefficient (Wildman–Crippen LogP) is 3.32. The van der Waals surface area contributed by atoms with Crippen molar-refractivity contribution in [2.75, 3.05) is 11.4 Å². The molecule has 130 valence electrons. The molecule has 2 rings (SSSR count). The number of carbonyl (C=O) groups excluding carboxylic acids is 1. The lowest BCUT2D eigenvalue weighted by Crippen LogP contribution is -2.45. The highest BCUT2D eigenvalue weighted by Gasteiger charge is 2.36. The molecule has 8 heteroatoms. The lowest BCUT2D eigenvalue weighted by Gasteiger charge is -2.26.